The lowest BCUT2D eigenvalue weighted by Gasteiger charge is -2.11. The van der Waals surface area contributed by atoms with Gasteiger partial charge in [-0.1, -0.05) is 41.9 Å². The molecule has 0 aliphatic heterocycles. The molecule has 0 unspecified atom stereocenters. The van der Waals surface area contributed by atoms with Crippen LogP contribution in [0.3, 0.4) is 0 Å². The Morgan fingerprint density at radius 3 is 2.52 bits per heavy atom. The van der Waals surface area contributed by atoms with E-state index >= 15 is 0 Å². The van der Waals surface area contributed by atoms with E-state index in [1.165, 1.54) is 12.1 Å². The minimum absolute atomic E-state index is 0.157. The van der Waals surface area contributed by atoms with Crippen molar-refractivity contribution >= 4 is 39.1 Å². The highest BCUT2D eigenvalue weighted by Gasteiger charge is 2.09. The van der Waals surface area contributed by atoms with E-state index < -0.39 is 0 Å². The second-order valence-electron chi connectivity index (χ2n) is 5.88. The lowest BCUT2D eigenvalue weighted by molar-refractivity contribution is -0.115. The minimum atomic E-state index is -0.281. The Kier molecular flexibility index (Phi) is 6.48. The Bertz CT molecular complexity index is 947. The van der Waals surface area contributed by atoms with E-state index in [1.807, 2.05) is 18.2 Å². The lowest BCUT2D eigenvalue weighted by Crippen LogP contribution is -2.14. The Morgan fingerprint density at radius 2 is 1.81 bits per heavy atom. The fourth-order valence-corrected chi connectivity index (χ4v) is 3.15. The number of hydrogen-bond acceptors (Lipinski definition) is 2. The van der Waals surface area contributed by atoms with Crippen LogP contribution in [-0.2, 0) is 17.8 Å². The number of carbonyl (C=O) groups excluding carboxylic acids is 1. The van der Waals surface area contributed by atoms with Crippen molar-refractivity contribution in [3.05, 3.63) is 93.2 Å². The molecule has 3 aromatic rings. The zero-order valence-corrected chi connectivity index (χ0v) is 16.6. The standard InChI is InChI=1S/C21H16BrClFNO2/c22-18-12-17(25-21(26)11-15-3-1-2-4-19(15)23)9-10-20(18)27-13-14-5-7-16(24)8-6-14/h1-10,12H,11,13H2,(H,25,26). The van der Waals surface area contributed by atoms with Crippen molar-refractivity contribution in [2.24, 2.45) is 0 Å². The molecule has 0 aliphatic rings. The van der Waals surface area contributed by atoms with Gasteiger partial charge in [-0.05, 0) is 63.5 Å². The van der Waals surface area contributed by atoms with Crippen molar-refractivity contribution in [3.63, 3.8) is 0 Å². The summed E-state index contributed by atoms with van der Waals surface area (Å²) < 4.78 is 19.4. The maximum absolute atomic E-state index is 12.9. The Hall–Kier alpha value is -2.37. The number of carbonyl (C=O) groups is 1. The molecule has 3 nitrogen and oxygen atoms in total. The molecule has 0 fully saturated rings. The predicted molar refractivity (Wildman–Crippen MR) is 109 cm³/mol. The van der Waals surface area contributed by atoms with Crippen molar-refractivity contribution in [3.8, 4) is 5.75 Å². The summed E-state index contributed by atoms with van der Waals surface area (Å²) in [6, 6.07) is 18.7. The molecule has 3 aromatic carbocycles. The minimum Gasteiger partial charge on any atom is -0.488 e. The number of anilines is 1. The van der Waals surface area contributed by atoms with Gasteiger partial charge >= 0.3 is 0 Å². The van der Waals surface area contributed by atoms with Crippen molar-refractivity contribution in [2.45, 2.75) is 13.0 Å². The number of benzene rings is 3. The number of hydrogen-bond donors (Lipinski definition) is 1. The molecule has 1 N–H and O–H groups in total. The molecule has 0 heterocycles. The first kappa shape index (κ1) is 19.4. The summed E-state index contributed by atoms with van der Waals surface area (Å²) in [4.78, 5) is 12.2. The van der Waals surface area contributed by atoms with E-state index in [9.17, 15) is 9.18 Å². The second-order valence-corrected chi connectivity index (χ2v) is 7.14. The van der Waals surface area contributed by atoms with Crippen LogP contribution in [0.1, 0.15) is 11.1 Å². The van der Waals surface area contributed by atoms with Gasteiger partial charge < -0.3 is 10.1 Å². The number of nitrogens with one attached hydrogen (secondary N) is 1. The molecule has 138 valence electrons. The van der Waals surface area contributed by atoms with Crippen LogP contribution in [0.4, 0.5) is 10.1 Å². The van der Waals surface area contributed by atoms with E-state index in [2.05, 4.69) is 21.2 Å². The zero-order valence-electron chi connectivity index (χ0n) is 14.2. The number of ether oxygens (including phenoxy) is 1. The third-order valence-corrected chi connectivity index (χ3v) is 4.82. The SMILES string of the molecule is O=C(Cc1ccccc1Cl)Nc1ccc(OCc2ccc(F)cc2)c(Br)c1. The van der Waals surface area contributed by atoms with Crippen LogP contribution in [0, 0.1) is 5.82 Å². The zero-order chi connectivity index (χ0) is 19.2. The van der Waals surface area contributed by atoms with Gasteiger partial charge in [0.15, 0.2) is 0 Å². The van der Waals surface area contributed by atoms with Gasteiger partial charge in [-0.15, -0.1) is 0 Å². The summed E-state index contributed by atoms with van der Waals surface area (Å²) in [7, 11) is 0. The van der Waals surface area contributed by atoms with Gasteiger partial charge in [0.25, 0.3) is 0 Å². The highest BCUT2D eigenvalue weighted by molar-refractivity contribution is 9.10. The van der Waals surface area contributed by atoms with Gasteiger partial charge in [0, 0.05) is 10.7 Å². The monoisotopic (exact) mass is 447 g/mol. The normalized spacial score (nSPS) is 10.5. The Labute approximate surface area is 170 Å². The first-order chi connectivity index (χ1) is 13.0. The molecule has 0 bridgehead atoms. The Balaban J connectivity index is 1.59. The molecule has 0 spiro atoms. The molecular formula is C21H16BrClFNO2. The highest BCUT2D eigenvalue weighted by atomic mass is 79.9. The molecule has 27 heavy (non-hydrogen) atoms. The lowest BCUT2D eigenvalue weighted by atomic mass is 10.1. The number of amides is 1. The van der Waals surface area contributed by atoms with Crippen LogP contribution < -0.4 is 10.1 Å². The number of halogens is 3. The third-order valence-electron chi connectivity index (χ3n) is 3.83. The summed E-state index contributed by atoms with van der Waals surface area (Å²) in [5, 5.41) is 3.41. The summed E-state index contributed by atoms with van der Waals surface area (Å²) in [6.45, 7) is 0.317. The van der Waals surface area contributed by atoms with Gasteiger partial charge in [-0.2, -0.15) is 0 Å². The van der Waals surface area contributed by atoms with Gasteiger partial charge in [0.05, 0.1) is 10.9 Å². The molecule has 0 aromatic heterocycles. The quantitative estimate of drug-likeness (QED) is 0.502. The molecule has 3 rings (SSSR count). The first-order valence-corrected chi connectivity index (χ1v) is 9.38. The molecule has 6 heteroatoms. The van der Waals surface area contributed by atoms with Gasteiger partial charge in [0.1, 0.15) is 18.2 Å². The molecule has 0 saturated heterocycles. The molecular weight excluding hydrogens is 433 g/mol. The molecule has 0 atom stereocenters. The van der Waals surface area contributed by atoms with Gasteiger partial charge in [-0.3, -0.25) is 4.79 Å². The van der Waals surface area contributed by atoms with Crippen molar-refractivity contribution in [1.29, 1.82) is 0 Å². The van der Waals surface area contributed by atoms with Crippen molar-refractivity contribution < 1.29 is 13.9 Å². The van der Waals surface area contributed by atoms with Crippen LogP contribution >= 0.6 is 27.5 Å². The number of rotatable bonds is 6. The average Bonchev–Trinajstić information content (AvgIpc) is 2.64. The van der Waals surface area contributed by atoms with E-state index in [0.29, 0.717) is 27.5 Å². The first-order valence-electron chi connectivity index (χ1n) is 8.21. The average molecular weight is 449 g/mol. The Morgan fingerprint density at radius 1 is 1.07 bits per heavy atom. The second kappa shape index (κ2) is 9.02. The highest BCUT2D eigenvalue weighted by Crippen LogP contribution is 2.29. The van der Waals surface area contributed by atoms with Crippen LogP contribution in [0.5, 0.6) is 5.75 Å². The predicted octanol–water partition coefficient (Wildman–Crippen LogP) is 6.00. The third kappa shape index (κ3) is 5.55. The maximum Gasteiger partial charge on any atom is 0.228 e. The summed E-state index contributed by atoms with van der Waals surface area (Å²) >= 11 is 9.53. The van der Waals surface area contributed by atoms with Crippen molar-refractivity contribution in [2.75, 3.05) is 5.32 Å². The van der Waals surface area contributed by atoms with Crippen LogP contribution in [0.2, 0.25) is 5.02 Å². The van der Waals surface area contributed by atoms with Gasteiger partial charge in [0.2, 0.25) is 5.91 Å². The summed E-state index contributed by atoms with van der Waals surface area (Å²) in [5.41, 5.74) is 2.28. The summed E-state index contributed by atoms with van der Waals surface area (Å²) in [5.74, 6) is 0.190. The smallest absolute Gasteiger partial charge is 0.228 e. The van der Waals surface area contributed by atoms with Crippen molar-refractivity contribution in [1.82, 2.24) is 0 Å². The van der Waals surface area contributed by atoms with E-state index in [1.54, 1.807) is 36.4 Å². The fourth-order valence-electron chi connectivity index (χ4n) is 2.46. The van der Waals surface area contributed by atoms with Crippen LogP contribution in [0.25, 0.3) is 0 Å². The van der Waals surface area contributed by atoms with E-state index in [-0.39, 0.29) is 18.1 Å². The maximum atomic E-state index is 12.9. The van der Waals surface area contributed by atoms with E-state index in [0.717, 1.165) is 11.1 Å². The van der Waals surface area contributed by atoms with E-state index in [4.69, 9.17) is 16.3 Å². The summed E-state index contributed by atoms with van der Waals surface area (Å²) in [6.07, 6.45) is 0.195. The molecule has 0 aliphatic carbocycles. The topological polar surface area (TPSA) is 38.3 Å². The molecule has 0 radical (unpaired) electrons. The molecule has 1 amide bonds. The largest absolute Gasteiger partial charge is 0.488 e. The molecule has 0 saturated carbocycles. The fraction of sp³-hybridized carbons (Fsp3) is 0.0952. The van der Waals surface area contributed by atoms with Crippen LogP contribution in [-0.4, -0.2) is 5.91 Å². The van der Waals surface area contributed by atoms with Crippen LogP contribution in [0.15, 0.2) is 71.2 Å². The van der Waals surface area contributed by atoms with Gasteiger partial charge in [-0.25, -0.2) is 4.39 Å².